The number of carbonyl (C=O) groups excluding carboxylic acids is 1. The Kier molecular flexibility index (Phi) is 10.1. The average Bonchev–Trinajstić information content (AvgIpc) is 2.38. The van der Waals surface area contributed by atoms with E-state index in [1.54, 1.807) is 0 Å². The van der Waals surface area contributed by atoms with Crippen molar-refractivity contribution in [3.05, 3.63) is 29.8 Å². The fraction of sp³-hybridized carbons (Fsp3) is 0.562. The summed E-state index contributed by atoms with van der Waals surface area (Å²) < 4.78 is 0. The highest BCUT2D eigenvalue weighted by atomic mass is 35.5. The number of nitrogens with one attached hydrogen (secondary N) is 1. The van der Waals surface area contributed by atoms with Crippen molar-refractivity contribution in [3.8, 4) is 0 Å². The number of amides is 1. The van der Waals surface area contributed by atoms with Gasteiger partial charge in [0.15, 0.2) is 0 Å². The van der Waals surface area contributed by atoms with E-state index in [0.717, 1.165) is 37.9 Å². The SMILES string of the molecule is CC(C)c1cccc(NC(=O)CCCCCCN)c1.Cl. The lowest BCUT2D eigenvalue weighted by Gasteiger charge is -2.09. The van der Waals surface area contributed by atoms with Crippen LogP contribution in [0.15, 0.2) is 24.3 Å². The molecular weight excluding hydrogens is 272 g/mol. The van der Waals surface area contributed by atoms with Crippen molar-refractivity contribution >= 4 is 24.0 Å². The molecule has 0 saturated carbocycles. The Hall–Kier alpha value is -1.06. The van der Waals surface area contributed by atoms with Crippen LogP contribution >= 0.6 is 12.4 Å². The summed E-state index contributed by atoms with van der Waals surface area (Å²) >= 11 is 0. The Labute approximate surface area is 128 Å². The minimum Gasteiger partial charge on any atom is -0.330 e. The van der Waals surface area contributed by atoms with E-state index < -0.39 is 0 Å². The van der Waals surface area contributed by atoms with Gasteiger partial charge in [0.05, 0.1) is 0 Å². The van der Waals surface area contributed by atoms with Crippen molar-refractivity contribution in [1.82, 2.24) is 0 Å². The van der Waals surface area contributed by atoms with Crippen LogP contribution in [0.2, 0.25) is 0 Å². The monoisotopic (exact) mass is 298 g/mol. The third-order valence-corrected chi connectivity index (χ3v) is 3.20. The van der Waals surface area contributed by atoms with Gasteiger partial charge >= 0.3 is 0 Å². The Morgan fingerprint density at radius 2 is 1.90 bits per heavy atom. The van der Waals surface area contributed by atoms with E-state index in [2.05, 4.69) is 31.3 Å². The van der Waals surface area contributed by atoms with Gasteiger partial charge in [0, 0.05) is 12.1 Å². The van der Waals surface area contributed by atoms with Crippen molar-refractivity contribution in [1.29, 1.82) is 0 Å². The van der Waals surface area contributed by atoms with Crippen LogP contribution in [-0.4, -0.2) is 12.5 Å². The number of hydrogen-bond acceptors (Lipinski definition) is 2. The summed E-state index contributed by atoms with van der Waals surface area (Å²) in [5.74, 6) is 0.585. The first-order valence-corrected chi connectivity index (χ1v) is 7.23. The minimum absolute atomic E-state index is 0. The first-order valence-electron chi connectivity index (χ1n) is 7.23. The number of halogens is 1. The summed E-state index contributed by atoms with van der Waals surface area (Å²) in [6.45, 7) is 5.05. The average molecular weight is 299 g/mol. The van der Waals surface area contributed by atoms with E-state index in [-0.39, 0.29) is 18.3 Å². The lowest BCUT2D eigenvalue weighted by molar-refractivity contribution is -0.116. The molecule has 0 unspecified atom stereocenters. The smallest absolute Gasteiger partial charge is 0.224 e. The van der Waals surface area contributed by atoms with E-state index in [9.17, 15) is 4.79 Å². The van der Waals surface area contributed by atoms with Gasteiger partial charge in [-0.2, -0.15) is 0 Å². The summed E-state index contributed by atoms with van der Waals surface area (Å²) in [7, 11) is 0. The van der Waals surface area contributed by atoms with E-state index in [1.807, 2.05) is 12.1 Å². The molecule has 1 aromatic rings. The van der Waals surface area contributed by atoms with Gasteiger partial charge < -0.3 is 11.1 Å². The maximum absolute atomic E-state index is 11.8. The maximum Gasteiger partial charge on any atom is 0.224 e. The fourth-order valence-electron chi connectivity index (χ4n) is 1.98. The number of carbonyl (C=O) groups is 1. The Morgan fingerprint density at radius 3 is 2.55 bits per heavy atom. The molecule has 0 aliphatic carbocycles. The first kappa shape index (κ1) is 18.9. The molecule has 0 radical (unpaired) electrons. The van der Waals surface area contributed by atoms with Crippen LogP contribution in [0.25, 0.3) is 0 Å². The standard InChI is InChI=1S/C16H26N2O.ClH/c1-13(2)14-8-7-9-15(12-14)18-16(19)10-5-3-4-6-11-17;/h7-9,12-13H,3-6,10-11,17H2,1-2H3,(H,18,19);1H. The predicted octanol–water partition coefficient (Wildman–Crippen LogP) is 4.08. The van der Waals surface area contributed by atoms with Crippen LogP contribution in [0.4, 0.5) is 5.69 Å². The van der Waals surface area contributed by atoms with Crippen molar-refractivity contribution in [2.45, 2.75) is 51.9 Å². The third kappa shape index (κ3) is 7.51. The van der Waals surface area contributed by atoms with Crippen LogP contribution < -0.4 is 11.1 Å². The molecule has 1 aromatic carbocycles. The molecule has 3 nitrogen and oxygen atoms in total. The molecule has 0 aliphatic rings. The van der Waals surface area contributed by atoms with Crippen LogP contribution in [0.5, 0.6) is 0 Å². The lowest BCUT2D eigenvalue weighted by atomic mass is 10.0. The third-order valence-electron chi connectivity index (χ3n) is 3.20. The minimum atomic E-state index is 0. The van der Waals surface area contributed by atoms with Gasteiger partial charge in [-0.05, 0) is 43.0 Å². The molecule has 3 N–H and O–H groups in total. The molecule has 0 heterocycles. The molecule has 1 amide bonds. The van der Waals surface area contributed by atoms with Gasteiger partial charge in [0.25, 0.3) is 0 Å². The van der Waals surface area contributed by atoms with Gasteiger partial charge in [-0.1, -0.05) is 38.8 Å². The number of hydrogen-bond donors (Lipinski definition) is 2. The molecule has 4 heteroatoms. The predicted molar refractivity (Wildman–Crippen MR) is 88.5 cm³/mol. The van der Waals surface area contributed by atoms with Gasteiger partial charge in [0.1, 0.15) is 0 Å². The maximum atomic E-state index is 11.8. The molecular formula is C16H27ClN2O. The molecule has 0 aromatic heterocycles. The zero-order chi connectivity index (χ0) is 14.1. The summed E-state index contributed by atoms with van der Waals surface area (Å²) in [6.07, 6.45) is 4.79. The van der Waals surface area contributed by atoms with Crippen LogP contribution in [0.3, 0.4) is 0 Å². The molecule has 114 valence electrons. The molecule has 20 heavy (non-hydrogen) atoms. The van der Waals surface area contributed by atoms with E-state index in [1.165, 1.54) is 5.56 Å². The van der Waals surface area contributed by atoms with Gasteiger partial charge in [-0.3, -0.25) is 4.79 Å². The van der Waals surface area contributed by atoms with Gasteiger partial charge in [0.2, 0.25) is 5.91 Å². The van der Waals surface area contributed by atoms with Crippen LogP contribution in [0.1, 0.15) is 57.4 Å². The summed E-state index contributed by atoms with van der Waals surface area (Å²) in [4.78, 5) is 11.8. The Balaban J connectivity index is 0.00000361. The van der Waals surface area contributed by atoms with Gasteiger partial charge in [-0.15, -0.1) is 12.4 Å². The summed E-state index contributed by atoms with van der Waals surface area (Å²) in [6, 6.07) is 8.08. The summed E-state index contributed by atoms with van der Waals surface area (Å²) in [5.41, 5.74) is 7.58. The fourth-order valence-corrected chi connectivity index (χ4v) is 1.98. The number of anilines is 1. The molecule has 1 rings (SSSR count). The van der Waals surface area contributed by atoms with E-state index in [0.29, 0.717) is 12.3 Å². The van der Waals surface area contributed by atoms with Crippen molar-refractivity contribution in [2.24, 2.45) is 5.73 Å². The number of rotatable bonds is 8. The van der Waals surface area contributed by atoms with Crippen molar-refractivity contribution in [2.75, 3.05) is 11.9 Å². The Morgan fingerprint density at radius 1 is 1.20 bits per heavy atom. The normalized spacial score (nSPS) is 10.2. The highest BCUT2D eigenvalue weighted by Gasteiger charge is 2.04. The Bertz CT molecular complexity index is 394. The highest BCUT2D eigenvalue weighted by Crippen LogP contribution is 2.18. The molecule has 0 fully saturated rings. The molecule has 0 spiro atoms. The number of nitrogens with two attached hydrogens (primary N) is 1. The number of benzene rings is 1. The lowest BCUT2D eigenvalue weighted by Crippen LogP contribution is -2.11. The van der Waals surface area contributed by atoms with Crippen LogP contribution in [-0.2, 0) is 4.79 Å². The zero-order valence-corrected chi connectivity index (χ0v) is 13.3. The highest BCUT2D eigenvalue weighted by molar-refractivity contribution is 5.90. The summed E-state index contributed by atoms with van der Waals surface area (Å²) in [5, 5.41) is 2.96. The second kappa shape index (κ2) is 10.7. The molecule has 0 saturated heterocycles. The number of unbranched alkanes of at least 4 members (excludes halogenated alkanes) is 3. The molecule has 0 aliphatic heterocycles. The zero-order valence-electron chi connectivity index (χ0n) is 12.5. The second-order valence-corrected chi connectivity index (χ2v) is 5.28. The van der Waals surface area contributed by atoms with E-state index >= 15 is 0 Å². The second-order valence-electron chi connectivity index (χ2n) is 5.28. The van der Waals surface area contributed by atoms with Gasteiger partial charge in [-0.25, -0.2) is 0 Å². The van der Waals surface area contributed by atoms with E-state index in [4.69, 9.17) is 5.73 Å². The van der Waals surface area contributed by atoms with Crippen molar-refractivity contribution in [3.63, 3.8) is 0 Å². The quantitative estimate of drug-likeness (QED) is 0.711. The first-order chi connectivity index (χ1) is 9.13. The van der Waals surface area contributed by atoms with Crippen molar-refractivity contribution < 1.29 is 4.79 Å². The molecule has 0 atom stereocenters. The molecule has 0 bridgehead atoms. The van der Waals surface area contributed by atoms with Crippen LogP contribution in [0, 0.1) is 0 Å². The topological polar surface area (TPSA) is 55.1 Å². The largest absolute Gasteiger partial charge is 0.330 e.